The molecule has 0 unspecified atom stereocenters. The van der Waals surface area contributed by atoms with E-state index in [9.17, 15) is 18.8 Å². The maximum Gasteiger partial charge on any atom is 0.292 e. The maximum absolute atomic E-state index is 13.7. The first-order chi connectivity index (χ1) is 18.8. The number of carbonyl (C=O) groups excluding carboxylic acids is 3. The molecule has 2 amide bonds. The first-order valence-corrected chi connectivity index (χ1v) is 12.4. The molecular formula is C27H26ClFN6O4. The van der Waals surface area contributed by atoms with Gasteiger partial charge >= 0.3 is 0 Å². The largest absolute Gasteiger partial charge is 0.494 e. The Bertz CT molecular complexity index is 1410. The molecule has 202 valence electrons. The minimum Gasteiger partial charge on any atom is -0.494 e. The van der Waals surface area contributed by atoms with Crippen LogP contribution in [0, 0.1) is 5.82 Å². The monoisotopic (exact) mass is 552 g/mol. The molecule has 0 radical (unpaired) electrons. The number of amides is 2. The topological polar surface area (TPSA) is 126 Å². The van der Waals surface area contributed by atoms with Gasteiger partial charge in [0.25, 0.3) is 11.7 Å². The van der Waals surface area contributed by atoms with Crippen LogP contribution in [0.4, 0.5) is 27.5 Å². The number of rotatable bonds is 9. The SMILES string of the molecule is C=CC(=O)N1CCC(NC(=O)C(=O)c2ccccc2Nc2nc(Nc3ccc(F)c(OC)c3)ncc2Cl)CC1. The molecule has 3 aromatic rings. The standard InChI is InChI=1S/C27H26ClFN6O4/c1-3-23(36)35-12-10-16(11-13-35)31-26(38)24(37)18-6-4-5-7-21(18)33-25-19(28)15-30-27(34-25)32-17-8-9-20(29)22(14-17)39-2/h3-9,14-16H,1,10-13H2,2H3,(H,31,38)(H2,30,32,33,34). The van der Waals surface area contributed by atoms with Crippen molar-refractivity contribution in [1.29, 1.82) is 0 Å². The number of nitrogens with zero attached hydrogens (tertiary/aromatic N) is 3. The summed E-state index contributed by atoms with van der Waals surface area (Å²) in [5.41, 5.74) is 0.925. The number of piperidine rings is 1. The molecule has 12 heteroatoms. The van der Waals surface area contributed by atoms with Crippen LogP contribution in [-0.4, -0.2) is 58.7 Å². The molecule has 0 saturated carbocycles. The van der Waals surface area contributed by atoms with Gasteiger partial charge in [-0.2, -0.15) is 4.98 Å². The highest BCUT2D eigenvalue weighted by Crippen LogP contribution is 2.28. The third kappa shape index (κ3) is 6.68. The van der Waals surface area contributed by atoms with E-state index in [1.165, 1.54) is 43.6 Å². The van der Waals surface area contributed by atoms with Crippen LogP contribution in [0.25, 0.3) is 0 Å². The summed E-state index contributed by atoms with van der Waals surface area (Å²) in [5, 5.41) is 8.89. The van der Waals surface area contributed by atoms with Gasteiger partial charge < -0.3 is 25.6 Å². The van der Waals surface area contributed by atoms with Crippen molar-refractivity contribution in [2.24, 2.45) is 0 Å². The van der Waals surface area contributed by atoms with Crippen molar-refractivity contribution in [3.8, 4) is 5.75 Å². The molecule has 1 aliphatic rings. The minimum atomic E-state index is -0.751. The zero-order valence-corrected chi connectivity index (χ0v) is 21.8. The number of hydrogen-bond donors (Lipinski definition) is 3. The molecule has 1 saturated heterocycles. The molecule has 1 aromatic heterocycles. The molecule has 1 aliphatic heterocycles. The van der Waals surface area contributed by atoms with E-state index in [0.717, 1.165) is 0 Å². The van der Waals surface area contributed by atoms with Gasteiger partial charge in [-0.05, 0) is 43.2 Å². The Hall–Kier alpha value is -4.51. The van der Waals surface area contributed by atoms with Gasteiger partial charge in [0, 0.05) is 30.9 Å². The lowest BCUT2D eigenvalue weighted by atomic mass is 10.0. The molecule has 10 nitrogen and oxygen atoms in total. The number of aromatic nitrogens is 2. The lowest BCUT2D eigenvalue weighted by Crippen LogP contribution is -2.47. The minimum absolute atomic E-state index is 0.0498. The first kappa shape index (κ1) is 27.5. The van der Waals surface area contributed by atoms with Crippen LogP contribution in [0.3, 0.4) is 0 Å². The fourth-order valence-electron chi connectivity index (χ4n) is 4.05. The predicted molar refractivity (Wildman–Crippen MR) is 145 cm³/mol. The molecule has 39 heavy (non-hydrogen) atoms. The van der Waals surface area contributed by atoms with Crippen molar-refractivity contribution in [1.82, 2.24) is 20.2 Å². The van der Waals surface area contributed by atoms with E-state index in [2.05, 4.69) is 32.5 Å². The fourth-order valence-corrected chi connectivity index (χ4v) is 4.18. The molecule has 2 aromatic carbocycles. The number of methoxy groups -OCH3 is 1. The highest BCUT2D eigenvalue weighted by atomic mass is 35.5. The number of hydrogen-bond acceptors (Lipinski definition) is 8. The Labute approximate surface area is 229 Å². The number of likely N-dealkylation sites (tertiary alicyclic amines) is 1. The number of Topliss-reactive ketones (excluding diaryl/α,β-unsaturated/α-hetero) is 1. The van der Waals surface area contributed by atoms with Crippen LogP contribution in [0.2, 0.25) is 5.02 Å². The number of halogens is 2. The van der Waals surface area contributed by atoms with Crippen LogP contribution < -0.4 is 20.7 Å². The second-order valence-corrected chi connectivity index (χ2v) is 9.05. The van der Waals surface area contributed by atoms with Crippen molar-refractivity contribution in [2.45, 2.75) is 18.9 Å². The van der Waals surface area contributed by atoms with Crippen LogP contribution in [0.1, 0.15) is 23.2 Å². The number of ketones is 1. The molecule has 4 rings (SSSR count). The molecule has 0 bridgehead atoms. The molecule has 3 N–H and O–H groups in total. The van der Waals surface area contributed by atoms with Crippen molar-refractivity contribution in [2.75, 3.05) is 30.8 Å². The van der Waals surface area contributed by atoms with E-state index in [4.69, 9.17) is 16.3 Å². The third-order valence-electron chi connectivity index (χ3n) is 6.10. The fraction of sp³-hybridized carbons (Fsp3) is 0.222. The van der Waals surface area contributed by atoms with Crippen molar-refractivity contribution < 1.29 is 23.5 Å². The van der Waals surface area contributed by atoms with Crippen molar-refractivity contribution in [3.05, 3.63) is 77.7 Å². The summed E-state index contributed by atoms with van der Waals surface area (Å²) < 4.78 is 18.7. The van der Waals surface area contributed by atoms with Crippen molar-refractivity contribution in [3.63, 3.8) is 0 Å². The van der Waals surface area contributed by atoms with E-state index >= 15 is 0 Å². The van der Waals surface area contributed by atoms with E-state index < -0.39 is 17.5 Å². The number of carbonyl (C=O) groups is 3. The quantitative estimate of drug-likeness (QED) is 0.204. The Morgan fingerprint density at radius 1 is 1.15 bits per heavy atom. The summed E-state index contributed by atoms with van der Waals surface area (Å²) in [5.74, 6) is -1.77. The molecule has 1 fully saturated rings. The van der Waals surface area contributed by atoms with Gasteiger partial charge in [-0.1, -0.05) is 30.3 Å². The average molecular weight is 553 g/mol. The first-order valence-electron chi connectivity index (χ1n) is 12.0. The van der Waals surface area contributed by atoms with Crippen LogP contribution in [-0.2, 0) is 9.59 Å². The number of benzene rings is 2. The normalized spacial score (nSPS) is 13.4. The third-order valence-corrected chi connectivity index (χ3v) is 6.38. The Morgan fingerprint density at radius 3 is 2.62 bits per heavy atom. The van der Waals surface area contributed by atoms with Gasteiger partial charge in [0.15, 0.2) is 17.4 Å². The summed E-state index contributed by atoms with van der Waals surface area (Å²) in [4.78, 5) is 47.8. The summed E-state index contributed by atoms with van der Waals surface area (Å²) >= 11 is 6.30. The molecule has 2 heterocycles. The van der Waals surface area contributed by atoms with Crippen LogP contribution in [0.15, 0.2) is 61.3 Å². The maximum atomic E-state index is 13.7. The van der Waals surface area contributed by atoms with Crippen LogP contribution in [0.5, 0.6) is 5.75 Å². The zero-order valence-electron chi connectivity index (χ0n) is 21.0. The summed E-state index contributed by atoms with van der Waals surface area (Å²) in [6.45, 7) is 4.42. The molecule has 0 atom stereocenters. The van der Waals surface area contributed by atoms with Gasteiger partial charge in [-0.15, -0.1) is 0 Å². The number of nitrogens with one attached hydrogen (secondary N) is 3. The summed E-state index contributed by atoms with van der Waals surface area (Å²) in [6.07, 6.45) is 3.69. The van der Waals surface area contributed by atoms with E-state index in [0.29, 0.717) is 37.3 Å². The Kier molecular flexibility index (Phi) is 8.72. The molecular weight excluding hydrogens is 527 g/mol. The van der Waals surface area contributed by atoms with Gasteiger partial charge in [0.1, 0.15) is 5.02 Å². The van der Waals surface area contributed by atoms with E-state index in [-0.39, 0.29) is 40.1 Å². The Morgan fingerprint density at radius 2 is 1.90 bits per heavy atom. The van der Waals surface area contributed by atoms with Crippen LogP contribution >= 0.6 is 11.6 Å². The lowest BCUT2D eigenvalue weighted by molar-refractivity contribution is -0.127. The van der Waals surface area contributed by atoms with Gasteiger partial charge in [0.2, 0.25) is 11.9 Å². The second-order valence-electron chi connectivity index (χ2n) is 8.64. The lowest BCUT2D eigenvalue weighted by Gasteiger charge is -2.31. The highest BCUT2D eigenvalue weighted by molar-refractivity contribution is 6.44. The average Bonchev–Trinajstić information content (AvgIpc) is 2.95. The van der Waals surface area contributed by atoms with Gasteiger partial charge in [-0.3, -0.25) is 14.4 Å². The smallest absolute Gasteiger partial charge is 0.292 e. The van der Waals surface area contributed by atoms with E-state index in [1.54, 1.807) is 23.1 Å². The van der Waals surface area contributed by atoms with Gasteiger partial charge in [0.05, 0.1) is 24.6 Å². The summed E-state index contributed by atoms with van der Waals surface area (Å²) in [7, 11) is 1.36. The summed E-state index contributed by atoms with van der Waals surface area (Å²) in [6, 6.07) is 10.4. The Balaban J connectivity index is 1.46. The van der Waals surface area contributed by atoms with Gasteiger partial charge in [-0.25, -0.2) is 9.37 Å². The zero-order chi connectivity index (χ0) is 27.9. The highest BCUT2D eigenvalue weighted by Gasteiger charge is 2.26. The number of ether oxygens (including phenoxy) is 1. The van der Waals surface area contributed by atoms with E-state index in [1.807, 2.05) is 0 Å². The van der Waals surface area contributed by atoms with Crippen molar-refractivity contribution >= 4 is 52.3 Å². The molecule has 0 spiro atoms. The molecule has 0 aliphatic carbocycles. The second kappa shape index (κ2) is 12.4. The predicted octanol–water partition coefficient (Wildman–Crippen LogP) is 4.24. The number of para-hydroxylation sites is 1. The number of anilines is 4.